The van der Waals surface area contributed by atoms with Crippen molar-refractivity contribution in [2.24, 2.45) is 0 Å². The highest BCUT2D eigenvalue weighted by Crippen LogP contribution is 2.14. The Morgan fingerprint density at radius 2 is 2.38 bits per heavy atom. The summed E-state index contributed by atoms with van der Waals surface area (Å²) in [6.07, 6.45) is -0.275. The Morgan fingerprint density at radius 3 is 2.94 bits per heavy atom. The lowest BCUT2D eigenvalue weighted by atomic mass is 10.2. The predicted molar refractivity (Wildman–Crippen MR) is 63.6 cm³/mol. The third-order valence-corrected chi connectivity index (χ3v) is 3.35. The molecule has 0 saturated heterocycles. The molecule has 1 atom stereocenters. The summed E-state index contributed by atoms with van der Waals surface area (Å²) in [5, 5.41) is 23.1. The minimum Gasteiger partial charge on any atom is -0.481 e. The Kier molecular flexibility index (Phi) is 5.45. The van der Waals surface area contributed by atoms with Gasteiger partial charge in [0.25, 0.3) is 0 Å². The van der Waals surface area contributed by atoms with Gasteiger partial charge in [0.2, 0.25) is 0 Å². The van der Waals surface area contributed by atoms with Crippen molar-refractivity contribution in [1.29, 1.82) is 0 Å². The van der Waals surface area contributed by atoms with E-state index in [0.29, 0.717) is 13.0 Å². The van der Waals surface area contributed by atoms with Gasteiger partial charge in [-0.25, -0.2) is 0 Å². The average molecular weight is 243 g/mol. The fourth-order valence-electron chi connectivity index (χ4n) is 1.33. The van der Waals surface area contributed by atoms with E-state index >= 15 is 0 Å². The first-order valence-corrected chi connectivity index (χ1v) is 6.11. The van der Waals surface area contributed by atoms with Crippen molar-refractivity contribution in [3.63, 3.8) is 0 Å². The molecule has 0 saturated carbocycles. The Balaban J connectivity index is 2.15. The lowest BCUT2D eigenvalue weighted by molar-refractivity contribution is -0.137. The van der Waals surface area contributed by atoms with Crippen LogP contribution in [0.1, 0.15) is 23.3 Å². The number of carbonyl (C=O) groups is 1. The second kappa shape index (κ2) is 6.62. The van der Waals surface area contributed by atoms with Crippen LogP contribution in [0.2, 0.25) is 0 Å². The molecule has 0 radical (unpaired) electrons. The van der Waals surface area contributed by atoms with Crippen LogP contribution in [0, 0.1) is 6.92 Å². The molecule has 0 aliphatic heterocycles. The topological polar surface area (TPSA) is 69.6 Å². The van der Waals surface area contributed by atoms with Gasteiger partial charge < -0.3 is 15.5 Å². The Hall–Kier alpha value is -0.910. The minimum atomic E-state index is -0.867. The van der Waals surface area contributed by atoms with Crippen LogP contribution in [0.5, 0.6) is 0 Å². The first-order valence-electron chi connectivity index (χ1n) is 5.23. The molecule has 90 valence electrons. The number of hydrogen-bond acceptors (Lipinski definition) is 4. The van der Waals surface area contributed by atoms with Crippen molar-refractivity contribution in [1.82, 2.24) is 5.32 Å². The third kappa shape index (κ3) is 4.74. The highest BCUT2D eigenvalue weighted by Gasteiger charge is 2.07. The monoisotopic (exact) mass is 243 g/mol. The Morgan fingerprint density at radius 1 is 1.62 bits per heavy atom. The molecule has 1 aromatic rings. The van der Waals surface area contributed by atoms with Gasteiger partial charge in [-0.3, -0.25) is 4.79 Å². The van der Waals surface area contributed by atoms with Crippen LogP contribution < -0.4 is 5.32 Å². The van der Waals surface area contributed by atoms with Gasteiger partial charge in [0.15, 0.2) is 0 Å². The number of nitrogens with one attached hydrogen (secondary N) is 1. The molecule has 1 rings (SSSR count). The number of aryl methyl sites for hydroxylation is 1. The lowest BCUT2D eigenvalue weighted by Crippen LogP contribution is -2.26. The first-order chi connectivity index (χ1) is 7.59. The number of thiophene rings is 1. The molecule has 0 aliphatic rings. The minimum absolute atomic E-state index is 0.0148. The molecule has 0 bridgehead atoms. The zero-order chi connectivity index (χ0) is 12.0. The molecule has 3 N–H and O–H groups in total. The van der Waals surface area contributed by atoms with E-state index in [1.807, 2.05) is 12.3 Å². The van der Waals surface area contributed by atoms with Gasteiger partial charge in [0.05, 0.1) is 6.10 Å². The van der Waals surface area contributed by atoms with E-state index in [1.54, 1.807) is 11.3 Å². The maximum atomic E-state index is 10.3. The maximum Gasteiger partial charge on any atom is 0.303 e. The molecule has 4 nitrogen and oxygen atoms in total. The fraction of sp³-hybridized carbons (Fsp3) is 0.545. The highest BCUT2D eigenvalue weighted by molar-refractivity contribution is 7.10. The van der Waals surface area contributed by atoms with Gasteiger partial charge in [-0.05, 0) is 30.4 Å². The number of rotatable bonds is 7. The summed E-state index contributed by atoms with van der Waals surface area (Å²) in [4.78, 5) is 11.5. The van der Waals surface area contributed by atoms with Crippen molar-refractivity contribution in [3.05, 3.63) is 21.9 Å². The van der Waals surface area contributed by atoms with Crippen molar-refractivity contribution in [3.8, 4) is 0 Å². The van der Waals surface area contributed by atoms with Crippen LogP contribution in [-0.2, 0) is 11.3 Å². The smallest absolute Gasteiger partial charge is 0.303 e. The van der Waals surface area contributed by atoms with Crippen LogP contribution in [0.25, 0.3) is 0 Å². The molecule has 0 amide bonds. The lowest BCUT2D eigenvalue weighted by Gasteiger charge is -2.10. The molecule has 1 aromatic heterocycles. The van der Waals surface area contributed by atoms with Crippen LogP contribution >= 0.6 is 11.3 Å². The van der Waals surface area contributed by atoms with Crippen molar-refractivity contribution in [2.45, 2.75) is 32.4 Å². The molecule has 1 heterocycles. The van der Waals surface area contributed by atoms with E-state index in [1.165, 1.54) is 10.4 Å². The third-order valence-electron chi connectivity index (χ3n) is 2.33. The van der Waals surface area contributed by atoms with Crippen LogP contribution in [0.3, 0.4) is 0 Å². The summed E-state index contributed by atoms with van der Waals surface area (Å²) in [6, 6.07) is 2.06. The van der Waals surface area contributed by atoms with E-state index in [-0.39, 0.29) is 6.42 Å². The van der Waals surface area contributed by atoms with Crippen LogP contribution in [-0.4, -0.2) is 28.8 Å². The van der Waals surface area contributed by atoms with Crippen molar-refractivity contribution in [2.75, 3.05) is 6.54 Å². The molecule has 0 spiro atoms. The summed E-state index contributed by atoms with van der Waals surface area (Å²) < 4.78 is 0. The van der Waals surface area contributed by atoms with Crippen molar-refractivity contribution >= 4 is 17.3 Å². The van der Waals surface area contributed by atoms with Gasteiger partial charge in [-0.1, -0.05) is 0 Å². The van der Waals surface area contributed by atoms with E-state index in [2.05, 4.69) is 11.4 Å². The van der Waals surface area contributed by atoms with Gasteiger partial charge >= 0.3 is 5.97 Å². The van der Waals surface area contributed by atoms with E-state index in [4.69, 9.17) is 5.11 Å². The second-order valence-corrected chi connectivity index (χ2v) is 4.74. The molecule has 0 aliphatic carbocycles. The zero-order valence-corrected chi connectivity index (χ0v) is 10.1. The molecule has 1 unspecified atom stereocenters. The Labute approximate surface area is 98.9 Å². The SMILES string of the molecule is Cc1ccsc1CNCC(O)CCC(=O)O. The summed E-state index contributed by atoms with van der Waals surface area (Å²) in [5.74, 6) is -0.867. The molecular formula is C11H17NO3S. The molecule has 16 heavy (non-hydrogen) atoms. The molecular weight excluding hydrogens is 226 g/mol. The highest BCUT2D eigenvalue weighted by atomic mass is 32.1. The molecule has 0 fully saturated rings. The quantitative estimate of drug-likeness (QED) is 0.676. The van der Waals surface area contributed by atoms with Crippen molar-refractivity contribution < 1.29 is 15.0 Å². The first kappa shape index (κ1) is 13.2. The second-order valence-electron chi connectivity index (χ2n) is 3.74. The maximum absolute atomic E-state index is 10.3. The number of aliphatic carboxylic acids is 1. The van der Waals surface area contributed by atoms with E-state index in [0.717, 1.165) is 6.54 Å². The van der Waals surface area contributed by atoms with Gasteiger partial charge in [-0.2, -0.15) is 0 Å². The summed E-state index contributed by atoms with van der Waals surface area (Å²) in [5.41, 5.74) is 1.25. The standard InChI is InChI=1S/C11H17NO3S/c1-8-4-5-16-10(8)7-12-6-9(13)2-3-11(14)15/h4-5,9,12-13H,2-3,6-7H2,1H3,(H,14,15). The van der Waals surface area contributed by atoms with Gasteiger partial charge in [0, 0.05) is 24.4 Å². The van der Waals surface area contributed by atoms with E-state index in [9.17, 15) is 9.90 Å². The number of carboxylic acids is 1. The number of hydrogen-bond donors (Lipinski definition) is 3. The summed E-state index contributed by atoms with van der Waals surface area (Å²) >= 11 is 1.68. The summed E-state index contributed by atoms with van der Waals surface area (Å²) in [6.45, 7) is 3.21. The number of aliphatic hydroxyl groups excluding tert-OH is 1. The zero-order valence-electron chi connectivity index (χ0n) is 9.27. The fourth-order valence-corrected chi connectivity index (χ4v) is 2.21. The van der Waals surface area contributed by atoms with E-state index < -0.39 is 12.1 Å². The number of carboxylic acid groups (broad SMARTS) is 1. The molecule has 0 aromatic carbocycles. The normalized spacial score (nSPS) is 12.6. The van der Waals surface area contributed by atoms with Crippen LogP contribution in [0.15, 0.2) is 11.4 Å². The van der Waals surface area contributed by atoms with Gasteiger partial charge in [0.1, 0.15) is 0 Å². The largest absolute Gasteiger partial charge is 0.481 e. The molecule has 5 heteroatoms. The number of aliphatic hydroxyl groups is 1. The predicted octanol–water partition coefficient (Wildman–Crippen LogP) is 1.37. The summed E-state index contributed by atoms with van der Waals surface area (Å²) in [7, 11) is 0. The van der Waals surface area contributed by atoms with Crippen LogP contribution in [0.4, 0.5) is 0 Å². The Bertz CT molecular complexity index is 338. The average Bonchev–Trinajstić information content (AvgIpc) is 2.61. The van der Waals surface area contributed by atoms with Gasteiger partial charge in [-0.15, -0.1) is 11.3 Å².